The second kappa shape index (κ2) is 18.0. The largest absolute Gasteiger partial charge is 0.488 e. The molecule has 0 aliphatic rings. The molecule has 44 heavy (non-hydrogen) atoms. The number of carbonyl (C=O) groups is 2. The van der Waals surface area contributed by atoms with Crippen LogP contribution in [-0.4, -0.2) is 63.8 Å². The minimum Gasteiger partial charge on any atom is -0.488 e. The highest BCUT2D eigenvalue weighted by molar-refractivity contribution is 6.11. The van der Waals surface area contributed by atoms with Crippen LogP contribution in [-0.2, 0) is 28.5 Å². The number of hydrogen-bond acceptors (Lipinski definition) is 8. The van der Waals surface area contributed by atoms with Gasteiger partial charge in [0.15, 0.2) is 12.2 Å². The molecule has 0 fully saturated rings. The molecule has 0 bridgehead atoms. The zero-order valence-electron chi connectivity index (χ0n) is 26.5. The van der Waals surface area contributed by atoms with Gasteiger partial charge in [0, 0.05) is 34.4 Å². The third-order valence-corrected chi connectivity index (χ3v) is 6.74. The summed E-state index contributed by atoms with van der Waals surface area (Å²) in [4.78, 5) is 24.7. The van der Waals surface area contributed by atoms with Gasteiger partial charge in [0.2, 0.25) is 0 Å². The highest BCUT2D eigenvalue weighted by Gasteiger charge is 2.22. The van der Waals surface area contributed by atoms with E-state index >= 15 is 0 Å². The van der Waals surface area contributed by atoms with Crippen LogP contribution in [0.1, 0.15) is 50.7 Å². The Labute approximate surface area is 260 Å². The number of benzene rings is 3. The van der Waals surface area contributed by atoms with Crippen molar-refractivity contribution in [1.29, 1.82) is 0 Å². The van der Waals surface area contributed by atoms with E-state index in [-0.39, 0.29) is 38.4 Å². The zero-order valence-corrected chi connectivity index (χ0v) is 26.5. The first-order valence-electron chi connectivity index (χ1n) is 15.3. The summed E-state index contributed by atoms with van der Waals surface area (Å²) in [5, 5.41) is 3.39. The first-order valence-corrected chi connectivity index (χ1v) is 15.3. The highest BCUT2D eigenvalue weighted by atomic mass is 16.6. The SMILES string of the molecule is C=CCOCC(COc1c2ccc(C)cc2c(OCC(COCC=C)OC(=O)CCC)c2ccc(C)cc12)OC(=O)CCC. The van der Waals surface area contributed by atoms with Crippen LogP contribution >= 0.6 is 0 Å². The minimum absolute atomic E-state index is 0.106. The van der Waals surface area contributed by atoms with Gasteiger partial charge in [-0.3, -0.25) is 9.59 Å². The molecule has 0 aliphatic carbocycles. The predicted octanol–water partition coefficient (Wildman–Crippen LogP) is 7.20. The third-order valence-electron chi connectivity index (χ3n) is 6.74. The van der Waals surface area contributed by atoms with E-state index in [0.717, 1.165) is 32.7 Å². The molecular formula is C36H46O8. The lowest BCUT2D eigenvalue weighted by Gasteiger charge is -2.23. The Balaban J connectivity index is 2.01. The van der Waals surface area contributed by atoms with E-state index in [1.54, 1.807) is 12.2 Å². The van der Waals surface area contributed by atoms with Crippen molar-refractivity contribution in [2.24, 2.45) is 0 Å². The molecule has 2 atom stereocenters. The minimum atomic E-state index is -0.598. The smallest absolute Gasteiger partial charge is 0.306 e. The maximum atomic E-state index is 12.3. The molecule has 0 saturated carbocycles. The Hall–Kier alpha value is -3.88. The van der Waals surface area contributed by atoms with Gasteiger partial charge in [-0.25, -0.2) is 0 Å². The van der Waals surface area contributed by atoms with E-state index in [1.165, 1.54) is 0 Å². The summed E-state index contributed by atoms with van der Waals surface area (Å²) in [6, 6.07) is 12.2. The second-order valence-electron chi connectivity index (χ2n) is 10.8. The number of carbonyl (C=O) groups excluding carboxylic acids is 2. The van der Waals surface area contributed by atoms with Crippen LogP contribution in [0.3, 0.4) is 0 Å². The van der Waals surface area contributed by atoms with Crippen molar-refractivity contribution in [3.8, 4) is 11.5 Å². The van der Waals surface area contributed by atoms with Crippen LogP contribution in [0.5, 0.6) is 11.5 Å². The van der Waals surface area contributed by atoms with Crippen molar-refractivity contribution in [3.05, 3.63) is 72.8 Å². The maximum absolute atomic E-state index is 12.3. The van der Waals surface area contributed by atoms with Gasteiger partial charge >= 0.3 is 11.9 Å². The van der Waals surface area contributed by atoms with Crippen molar-refractivity contribution in [2.45, 2.75) is 65.6 Å². The molecule has 8 heteroatoms. The lowest BCUT2D eigenvalue weighted by atomic mass is 9.97. The quantitative estimate of drug-likeness (QED) is 0.0578. The van der Waals surface area contributed by atoms with E-state index in [4.69, 9.17) is 28.4 Å². The van der Waals surface area contributed by atoms with Gasteiger partial charge in [0.1, 0.15) is 24.7 Å². The Bertz CT molecular complexity index is 1310. The van der Waals surface area contributed by atoms with E-state index in [2.05, 4.69) is 25.3 Å². The number of aryl methyl sites for hydroxylation is 2. The number of hydrogen-bond donors (Lipinski definition) is 0. The number of esters is 2. The van der Waals surface area contributed by atoms with E-state index < -0.39 is 12.2 Å². The van der Waals surface area contributed by atoms with Crippen molar-refractivity contribution < 1.29 is 38.0 Å². The van der Waals surface area contributed by atoms with E-state index in [0.29, 0.717) is 50.4 Å². The predicted molar refractivity (Wildman–Crippen MR) is 174 cm³/mol. The van der Waals surface area contributed by atoms with Gasteiger partial charge in [-0.2, -0.15) is 0 Å². The summed E-state index contributed by atoms with van der Waals surface area (Å²) < 4.78 is 35.6. The second-order valence-corrected chi connectivity index (χ2v) is 10.8. The zero-order chi connectivity index (χ0) is 31.9. The van der Waals surface area contributed by atoms with Gasteiger partial charge in [-0.15, -0.1) is 13.2 Å². The Morgan fingerprint density at radius 3 is 1.43 bits per heavy atom. The van der Waals surface area contributed by atoms with Crippen molar-refractivity contribution >= 4 is 33.5 Å². The normalized spacial score (nSPS) is 12.5. The van der Waals surface area contributed by atoms with Crippen molar-refractivity contribution in [3.63, 3.8) is 0 Å². The monoisotopic (exact) mass is 606 g/mol. The summed E-state index contributed by atoms with van der Waals surface area (Å²) in [7, 11) is 0. The van der Waals surface area contributed by atoms with Crippen molar-refractivity contribution in [1.82, 2.24) is 0 Å². The Morgan fingerprint density at radius 1 is 0.659 bits per heavy atom. The van der Waals surface area contributed by atoms with Gasteiger partial charge in [0.25, 0.3) is 0 Å². The fraction of sp³-hybridized carbons (Fsp3) is 0.444. The molecule has 2 unspecified atom stereocenters. The topological polar surface area (TPSA) is 89.5 Å². The van der Waals surface area contributed by atoms with Gasteiger partial charge in [-0.1, -0.05) is 61.4 Å². The lowest BCUT2D eigenvalue weighted by molar-refractivity contribution is -0.154. The Morgan fingerprint density at radius 2 is 1.07 bits per heavy atom. The fourth-order valence-corrected chi connectivity index (χ4v) is 4.74. The molecule has 0 N–H and O–H groups in total. The molecular weight excluding hydrogens is 560 g/mol. The molecule has 0 amide bonds. The molecule has 0 aliphatic heterocycles. The number of rotatable bonds is 20. The molecule has 0 saturated heterocycles. The average molecular weight is 607 g/mol. The first-order chi connectivity index (χ1) is 21.3. The van der Waals surface area contributed by atoms with E-state index in [9.17, 15) is 9.59 Å². The molecule has 8 nitrogen and oxygen atoms in total. The van der Waals surface area contributed by atoms with Crippen LogP contribution in [0.4, 0.5) is 0 Å². The molecule has 0 heterocycles. The summed E-state index contributed by atoms with van der Waals surface area (Å²) in [5.74, 6) is 0.733. The van der Waals surface area contributed by atoms with Crippen LogP contribution < -0.4 is 9.47 Å². The molecule has 0 radical (unpaired) electrons. The molecule has 3 aromatic rings. The molecule has 0 aromatic heterocycles. The Kier molecular flexibility index (Phi) is 14.2. The molecule has 3 rings (SSSR count). The fourth-order valence-electron chi connectivity index (χ4n) is 4.74. The van der Waals surface area contributed by atoms with Crippen LogP contribution in [0.15, 0.2) is 61.7 Å². The van der Waals surface area contributed by atoms with Crippen molar-refractivity contribution in [2.75, 3.05) is 39.6 Å². The highest BCUT2D eigenvalue weighted by Crippen LogP contribution is 2.43. The summed E-state index contributed by atoms with van der Waals surface area (Å²) >= 11 is 0. The summed E-state index contributed by atoms with van der Waals surface area (Å²) in [6.45, 7) is 16.5. The lowest BCUT2D eigenvalue weighted by Crippen LogP contribution is -2.30. The third kappa shape index (κ3) is 10.1. The van der Waals surface area contributed by atoms with Crippen LogP contribution in [0, 0.1) is 13.8 Å². The maximum Gasteiger partial charge on any atom is 0.306 e. The molecule has 3 aromatic carbocycles. The standard InChI is InChI=1S/C36H46O8/c1-7-11-33(37)43-27(21-39-17-9-3)23-41-35-29-15-13-26(6)20-32(29)36(30-16-14-25(5)19-31(30)35)42-24-28(22-40-18-10-4)44-34(38)12-8-2/h9-10,13-16,19-20,27-28H,3-4,7-8,11-12,17-18,21-24H2,1-2,5-6H3. The van der Waals surface area contributed by atoms with Gasteiger partial charge < -0.3 is 28.4 Å². The van der Waals surface area contributed by atoms with Gasteiger partial charge in [-0.05, 0) is 38.8 Å². The number of ether oxygens (including phenoxy) is 6. The molecule has 238 valence electrons. The summed E-state index contributed by atoms with van der Waals surface area (Å²) in [5.41, 5.74) is 2.09. The van der Waals surface area contributed by atoms with Crippen LogP contribution in [0.2, 0.25) is 0 Å². The number of fused-ring (bicyclic) bond motifs is 2. The van der Waals surface area contributed by atoms with Gasteiger partial charge in [0.05, 0.1) is 26.4 Å². The molecule has 0 spiro atoms. The van der Waals surface area contributed by atoms with Crippen LogP contribution in [0.25, 0.3) is 21.5 Å². The summed E-state index contributed by atoms with van der Waals surface area (Å²) in [6.07, 6.45) is 4.13. The van der Waals surface area contributed by atoms with E-state index in [1.807, 2.05) is 52.0 Å². The first kappa shape index (κ1) is 34.6. The average Bonchev–Trinajstić information content (AvgIpc) is 2.99.